The van der Waals surface area contributed by atoms with Crippen LogP contribution in [0.15, 0.2) is 30.3 Å². The first kappa shape index (κ1) is 12.2. The Balaban J connectivity index is 1.94. The van der Waals surface area contributed by atoms with Crippen LogP contribution in [0, 0.1) is 0 Å². The molecular formula is C15H21NO. The predicted octanol–water partition coefficient (Wildman–Crippen LogP) is 3.24. The molecule has 0 spiro atoms. The monoisotopic (exact) mass is 231 g/mol. The van der Waals surface area contributed by atoms with E-state index in [4.69, 9.17) is 4.74 Å². The fraction of sp³-hybridized carbons (Fsp3) is 0.467. The Bertz CT molecular complexity index is 398. The van der Waals surface area contributed by atoms with E-state index in [1.165, 1.54) is 17.6 Å². The molecule has 0 saturated carbocycles. The van der Waals surface area contributed by atoms with Crippen LogP contribution >= 0.6 is 0 Å². The van der Waals surface area contributed by atoms with Gasteiger partial charge in [-0.3, -0.25) is 0 Å². The van der Waals surface area contributed by atoms with E-state index in [1.54, 1.807) is 0 Å². The van der Waals surface area contributed by atoms with Crippen molar-refractivity contribution in [2.75, 3.05) is 13.1 Å². The predicted molar refractivity (Wildman–Crippen MR) is 72.3 cm³/mol. The van der Waals surface area contributed by atoms with Crippen LogP contribution < -0.4 is 10.1 Å². The molecule has 0 aliphatic carbocycles. The van der Waals surface area contributed by atoms with E-state index in [2.05, 4.69) is 43.4 Å². The number of ether oxygens (including phenoxy) is 1. The van der Waals surface area contributed by atoms with E-state index in [-0.39, 0.29) is 6.10 Å². The molecule has 1 heterocycles. The van der Waals surface area contributed by atoms with Gasteiger partial charge in [-0.2, -0.15) is 0 Å². The molecule has 17 heavy (non-hydrogen) atoms. The minimum absolute atomic E-state index is 0.217. The van der Waals surface area contributed by atoms with Gasteiger partial charge in [0, 0.05) is 12.0 Å². The highest BCUT2D eigenvalue weighted by Gasteiger charge is 2.17. The second-order valence-corrected chi connectivity index (χ2v) is 4.54. The number of benzene rings is 1. The molecule has 0 bridgehead atoms. The van der Waals surface area contributed by atoms with E-state index in [0.717, 1.165) is 25.3 Å². The molecule has 2 rings (SSSR count). The molecule has 1 aromatic carbocycles. The van der Waals surface area contributed by atoms with Gasteiger partial charge < -0.3 is 10.1 Å². The number of allylic oxidation sites excluding steroid dienone is 1. The van der Waals surface area contributed by atoms with Crippen LogP contribution in [0.1, 0.15) is 32.3 Å². The summed E-state index contributed by atoms with van der Waals surface area (Å²) in [6, 6.07) is 8.26. The van der Waals surface area contributed by atoms with Gasteiger partial charge in [-0.1, -0.05) is 25.1 Å². The topological polar surface area (TPSA) is 21.3 Å². The minimum atomic E-state index is 0.217. The van der Waals surface area contributed by atoms with Crippen molar-refractivity contribution in [3.8, 4) is 5.75 Å². The number of hydrogen-bond donors (Lipinski definition) is 1. The highest BCUT2D eigenvalue weighted by atomic mass is 16.5. The lowest BCUT2D eigenvalue weighted by molar-refractivity contribution is 0.233. The van der Waals surface area contributed by atoms with Gasteiger partial charge in [0.2, 0.25) is 0 Å². The standard InChI is InChI=1S/C15H21NO/c1-3-9-16-10-8-13-11-12(2)14-6-4-5-7-15(14)17-13/h4-7,11,13,16H,3,8-10H2,1-2H3. The van der Waals surface area contributed by atoms with Crippen molar-refractivity contribution >= 4 is 5.57 Å². The van der Waals surface area contributed by atoms with Gasteiger partial charge in [0.25, 0.3) is 0 Å². The molecule has 0 radical (unpaired) electrons. The first-order chi connectivity index (χ1) is 8.31. The first-order valence-corrected chi connectivity index (χ1v) is 6.46. The number of para-hydroxylation sites is 1. The summed E-state index contributed by atoms with van der Waals surface area (Å²) in [6.07, 6.45) is 4.67. The number of hydrogen-bond acceptors (Lipinski definition) is 2. The molecule has 0 amide bonds. The van der Waals surface area contributed by atoms with Crippen LogP contribution in [0.2, 0.25) is 0 Å². The van der Waals surface area contributed by atoms with Crippen LogP contribution in [0.4, 0.5) is 0 Å². The third-order valence-corrected chi connectivity index (χ3v) is 3.06. The average Bonchev–Trinajstić information content (AvgIpc) is 2.35. The van der Waals surface area contributed by atoms with Crippen LogP contribution in [0.25, 0.3) is 5.57 Å². The maximum Gasteiger partial charge on any atom is 0.127 e. The van der Waals surface area contributed by atoms with Crippen molar-refractivity contribution in [1.29, 1.82) is 0 Å². The Morgan fingerprint density at radius 3 is 2.88 bits per heavy atom. The largest absolute Gasteiger partial charge is 0.486 e. The molecular weight excluding hydrogens is 210 g/mol. The van der Waals surface area contributed by atoms with Gasteiger partial charge in [0.1, 0.15) is 11.9 Å². The van der Waals surface area contributed by atoms with Crippen LogP contribution in [-0.4, -0.2) is 19.2 Å². The van der Waals surface area contributed by atoms with E-state index in [1.807, 2.05) is 6.07 Å². The number of rotatable bonds is 5. The molecule has 1 unspecified atom stereocenters. The fourth-order valence-electron chi connectivity index (χ4n) is 2.15. The highest BCUT2D eigenvalue weighted by molar-refractivity contribution is 5.71. The van der Waals surface area contributed by atoms with Crippen LogP contribution in [-0.2, 0) is 0 Å². The van der Waals surface area contributed by atoms with Gasteiger partial charge in [-0.05, 0) is 44.1 Å². The smallest absolute Gasteiger partial charge is 0.127 e. The number of nitrogens with one attached hydrogen (secondary N) is 1. The van der Waals surface area contributed by atoms with Gasteiger partial charge in [0.15, 0.2) is 0 Å². The highest BCUT2D eigenvalue weighted by Crippen LogP contribution is 2.31. The SMILES string of the molecule is CCCNCCC1C=C(C)c2ccccc2O1. The van der Waals surface area contributed by atoms with Crippen molar-refractivity contribution in [1.82, 2.24) is 5.32 Å². The van der Waals surface area contributed by atoms with E-state index in [9.17, 15) is 0 Å². The van der Waals surface area contributed by atoms with Crippen molar-refractivity contribution in [3.05, 3.63) is 35.9 Å². The van der Waals surface area contributed by atoms with Crippen LogP contribution in [0.3, 0.4) is 0 Å². The fourth-order valence-corrected chi connectivity index (χ4v) is 2.15. The van der Waals surface area contributed by atoms with E-state index >= 15 is 0 Å². The zero-order chi connectivity index (χ0) is 12.1. The summed E-state index contributed by atoms with van der Waals surface area (Å²) < 4.78 is 5.97. The second-order valence-electron chi connectivity index (χ2n) is 4.54. The van der Waals surface area contributed by atoms with Gasteiger partial charge in [0.05, 0.1) is 0 Å². The lowest BCUT2D eigenvalue weighted by atomic mass is 10.0. The quantitative estimate of drug-likeness (QED) is 0.785. The third kappa shape index (κ3) is 3.10. The maximum absolute atomic E-state index is 5.97. The normalized spacial score (nSPS) is 18.2. The summed E-state index contributed by atoms with van der Waals surface area (Å²) in [5.74, 6) is 1.02. The van der Waals surface area contributed by atoms with E-state index in [0.29, 0.717) is 0 Å². The molecule has 0 aromatic heterocycles. The van der Waals surface area contributed by atoms with Crippen molar-refractivity contribution in [3.63, 3.8) is 0 Å². The Kier molecular flexibility index (Phi) is 4.21. The van der Waals surface area contributed by atoms with Gasteiger partial charge in [-0.25, -0.2) is 0 Å². The zero-order valence-electron chi connectivity index (χ0n) is 10.7. The molecule has 0 saturated heterocycles. The van der Waals surface area contributed by atoms with Crippen molar-refractivity contribution in [2.45, 2.75) is 32.8 Å². The molecule has 1 aromatic rings. The first-order valence-electron chi connectivity index (χ1n) is 6.46. The van der Waals surface area contributed by atoms with E-state index < -0.39 is 0 Å². The Labute approximate surface area is 104 Å². The second kappa shape index (κ2) is 5.87. The molecule has 1 aliphatic rings. The molecule has 2 heteroatoms. The molecule has 2 nitrogen and oxygen atoms in total. The molecule has 0 fully saturated rings. The lowest BCUT2D eigenvalue weighted by Crippen LogP contribution is -2.25. The summed E-state index contributed by atoms with van der Waals surface area (Å²) in [6.45, 7) is 6.45. The van der Waals surface area contributed by atoms with Crippen molar-refractivity contribution in [2.24, 2.45) is 0 Å². The summed E-state index contributed by atoms with van der Waals surface area (Å²) in [4.78, 5) is 0. The summed E-state index contributed by atoms with van der Waals surface area (Å²) in [5.41, 5.74) is 2.55. The van der Waals surface area contributed by atoms with Gasteiger partial charge >= 0.3 is 0 Å². The molecule has 1 aliphatic heterocycles. The molecule has 1 N–H and O–H groups in total. The average molecular weight is 231 g/mol. The van der Waals surface area contributed by atoms with Crippen molar-refractivity contribution < 1.29 is 4.74 Å². The maximum atomic E-state index is 5.97. The van der Waals surface area contributed by atoms with Gasteiger partial charge in [-0.15, -0.1) is 0 Å². The molecule has 92 valence electrons. The Hall–Kier alpha value is -1.28. The zero-order valence-corrected chi connectivity index (χ0v) is 10.7. The minimum Gasteiger partial charge on any atom is -0.486 e. The summed E-state index contributed by atoms with van der Waals surface area (Å²) in [7, 11) is 0. The van der Waals surface area contributed by atoms with Crippen LogP contribution in [0.5, 0.6) is 5.75 Å². The summed E-state index contributed by atoms with van der Waals surface area (Å²) in [5, 5.41) is 3.41. The lowest BCUT2D eigenvalue weighted by Gasteiger charge is -2.24. The summed E-state index contributed by atoms with van der Waals surface area (Å²) >= 11 is 0. The number of fused-ring (bicyclic) bond motifs is 1. The Morgan fingerprint density at radius 2 is 2.06 bits per heavy atom. The third-order valence-electron chi connectivity index (χ3n) is 3.06. The Morgan fingerprint density at radius 1 is 1.24 bits per heavy atom. The molecule has 1 atom stereocenters.